The molecule has 1 aliphatic rings. The lowest BCUT2D eigenvalue weighted by molar-refractivity contribution is -0.127. The summed E-state index contributed by atoms with van der Waals surface area (Å²) >= 11 is 0. The number of hydrogen-bond donors (Lipinski definition) is 1. The number of nitrogens with one attached hydrogen (secondary N) is 1. The second kappa shape index (κ2) is 6.61. The molecule has 1 heterocycles. The van der Waals surface area contributed by atoms with Crippen molar-refractivity contribution < 1.29 is 4.79 Å². The molecule has 1 N–H and O–H groups in total. The third kappa shape index (κ3) is 4.42. The number of aromatic nitrogens is 1. The third-order valence-electron chi connectivity index (χ3n) is 3.40. The minimum absolute atomic E-state index is 0.0606. The fourth-order valence-electron chi connectivity index (χ4n) is 1.82. The molecule has 0 aromatic carbocycles. The second-order valence-electron chi connectivity index (χ2n) is 5.53. The van der Waals surface area contributed by atoms with E-state index in [1.807, 2.05) is 18.3 Å². The van der Waals surface area contributed by atoms with Crippen LogP contribution in [0.4, 0.5) is 0 Å². The summed E-state index contributed by atoms with van der Waals surface area (Å²) < 4.78 is 0. The summed E-state index contributed by atoms with van der Waals surface area (Å²) in [5.74, 6) is 0.789. The van der Waals surface area contributed by atoms with Crippen LogP contribution in [0.1, 0.15) is 24.6 Å². The molecule has 108 valence electrons. The van der Waals surface area contributed by atoms with Crippen molar-refractivity contribution in [2.45, 2.75) is 25.9 Å². The first kappa shape index (κ1) is 14.7. The highest BCUT2D eigenvalue weighted by Crippen LogP contribution is 2.32. The van der Waals surface area contributed by atoms with Crippen molar-refractivity contribution in [3.8, 4) is 0 Å². The van der Waals surface area contributed by atoms with Crippen molar-refractivity contribution in [2.75, 3.05) is 20.6 Å². The minimum Gasteiger partial charge on any atom is -0.348 e. The van der Waals surface area contributed by atoms with E-state index in [1.54, 1.807) is 25.2 Å². The van der Waals surface area contributed by atoms with Crippen LogP contribution in [-0.4, -0.2) is 48.7 Å². The first-order chi connectivity index (χ1) is 9.56. The molecule has 20 heavy (non-hydrogen) atoms. The summed E-state index contributed by atoms with van der Waals surface area (Å²) in [6, 6.07) is 4.46. The minimum atomic E-state index is 0.0606. The van der Waals surface area contributed by atoms with E-state index in [9.17, 15) is 4.79 Å². The monoisotopic (exact) mass is 274 g/mol. The summed E-state index contributed by atoms with van der Waals surface area (Å²) in [6.07, 6.45) is 4.90. The van der Waals surface area contributed by atoms with Crippen molar-refractivity contribution in [3.63, 3.8) is 0 Å². The zero-order valence-electron chi connectivity index (χ0n) is 12.3. The molecule has 2 unspecified atom stereocenters. The Hall–Kier alpha value is -1.75. The third-order valence-corrected chi connectivity index (χ3v) is 3.40. The molecule has 2 rings (SSSR count). The van der Waals surface area contributed by atoms with Gasteiger partial charge in [-0.1, -0.05) is 6.92 Å². The normalized spacial score (nSPS) is 21.1. The van der Waals surface area contributed by atoms with Crippen LogP contribution >= 0.6 is 0 Å². The number of carbonyl (C=O) groups excluding carboxylic acids is 1. The summed E-state index contributed by atoms with van der Waals surface area (Å²) in [5, 5.41) is 3.10. The Morgan fingerprint density at radius 3 is 3.00 bits per heavy atom. The van der Waals surface area contributed by atoms with Gasteiger partial charge in [0.05, 0.1) is 18.3 Å². The molecule has 0 aliphatic heterocycles. The number of aliphatic imine (C=N–C) groups is 1. The van der Waals surface area contributed by atoms with Gasteiger partial charge in [0.2, 0.25) is 5.91 Å². The van der Waals surface area contributed by atoms with E-state index in [0.29, 0.717) is 19.1 Å². The Balaban J connectivity index is 1.83. The molecule has 5 heteroatoms. The lowest BCUT2D eigenvalue weighted by atomic mass is 10.2. The molecule has 1 saturated carbocycles. The zero-order chi connectivity index (χ0) is 14.5. The molecule has 2 atom stereocenters. The lowest BCUT2D eigenvalue weighted by Gasteiger charge is -2.10. The van der Waals surface area contributed by atoms with Crippen molar-refractivity contribution in [3.05, 3.63) is 29.6 Å². The van der Waals surface area contributed by atoms with Gasteiger partial charge in [0.15, 0.2) is 0 Å². The van der Waals surface area contributed by atoms with E-state index in [4.69, 9.17) is 0 Å². The van der Waals surface area contributed by atoms with E-state index in [0.717, 1.165) is 17.2 Å². The summed E-state index contributed by atoms with van der Waals surface area (Å²) in [4.78, 5) is 21.8. The van der Waals surface area contributed by atoms with E-state index in [-0.39, 0.29) is 5.91 Å². The van der Waals surface area contributed by atoms with Gasteiger partial charge in [0.25, 0.3) is 0 Å². The van der Waals surface area contributed by atoms with Crippen molar-refractivity contribution in [1.82, 2.24) is 15.2 Å². The fourth-order valence-corrected chi connectivity index (χ4v) is 1.82. The first-order valence-corrected chi connectivity index (χ1v) is 6.95. The predicted molar refractivity (Wildman–Crippen MR) is 79.8 cm³/mol. The van der Waals surface area contributed by atoms with Crippen LogP contribution in [0, 0.1) is 5.92 Å². The number of rotatable bonds is 6. The van der Waals surface area contributed by atoms with Crippen LogP contribution in [0.25, 0.3) is 0 Å². The number of nitrogens with zero attached hydrogens (tertiary/aromatic N) is 3. The van der Waals surface area contributed by atoms with E-state index in [2.05, 4.69) is 22.2 Å². The molecule has 1 aromatic rings. The number of amides is 1. The molecule has 1 amide bonds. The van der Waals surface area contributed by atoms with Gasteiger partial charge >= 0.3 is 0 Å². The maximum absolute atomic E-state index is 11.4. The van der Waals surface area contributed by atoms with Crippen LogP contribution in [0.15, 0.2) is 23.3 Å². The molecule has 1 aromatic heterocycles. The molecule has 1 aliphatic carbocycles. The van der Waals surface area contributed by atoms with Gasteiger partial charge in [0, 0.05) is 33.1 Å². The number of pyridine rings is 1. The average molecular weight is 274 g/mol. The van der Waals surface area contributed by atoms with E-state index >= 15 is 0 Å². The van der Waals surface area contributed by atoms with Crippen LogP contribution in [0.2, 0.25) is 0 Å². The topological polar surface area (TPSA) is 57.6 Å². The Morgan fingerprint density at radius 1 is 1.60 bits per heavy atom. The van der Waals surface area contributed by atoms with Gasteiger partial charge in [-0.25, -0.2) is 0 Å². The molecule has 5 nitrogen and oxygen atoms in total. The Kier molecular flexibility index (Phi) is 4.84. The quantitative estimate of drug-likeness (QED) is 0.790. The van der Waals surface area contributed by atoms with Crippen LogP contribution in [-0.2, 0) is 11.3 Å². The predicted octanol–water partition coefficient (Wildman–Crippen LogP) is 1.09. The van der Waals surface area contributed by atoms with Crippen LogP contribution in [0.3, 0.4) is 0 Å². The van der Waals surface area contributed by atoms with Gasteiger partial charge < -0.3 is 10.2 Å². The summed E-state index contributed by atoms with van der Waals surface area (Å²) in [6.45, 7) is 3.12. The fraction of sp³-hybridized carbons (Fsp3) is 0.533. The zero-order valence-corrected chi connectivity index (χ0v) is 12.3. The molecule has 0 radical (unpaired) electrons. The van der Waals surface area contributed by atoms with Gasteiger partial charge in [-0.2, -0.15) is 0 Å². The largest absolute Gasteiger partial charge is 0.348 e. The lowest BCUT2D eigenvalue weighted by Crippen LogP contribution is -2.32. The standard InChI is InChI=1S/C15H22N4O/c1-11-6-14(11)18-8-12-4-5-17-13(7-12)9-16-10-15(20)19(2)3/h4-5,7-8,11,14,16H,6,9-10H2,1-3H3/b18-8+. The Bertz CT molecular complexity index is 498. The summed E-state index contributed by atoms with van der Waals surface area (Å²) in [7, 11) is 3.50. The Labute approximate surface area is 120 Å². The van der Waals surface area contributed by atoms with Gasteiger partial charge in [0.1, 0.15) is 0 Å². The number of carbonyl (C=O) groups is 1. The molecular formula is C15H22N4O. The SMILES string of the molecule is CC1CC1/N=C/c1ccnc(CNCC(=O)N(C)C)c1. The molecule has 0 bridgehead atoms. The highest BCUT2D eigenvalue weighted by atomic mass is 16.2. The number of likely N-dealkylation sites (N-methyl/N-ethyl adjacent to an activating group) is 1. The van der Waals surface area contributed by atoms with E-state index in [1.165, 1.54) is 6.42 Å². The smallest absolute Gasteiger partial charge is 0.236 e. The number of hydrogen-bond acceptors (Lipinski definition) is 4. The van der Waals surface area contributed by atoms with Crippen LogP contribution in [0.5, 0.6) is 0 Å². The molecular weight excluding hydrogens is 252 g/mol. The first-order valence-electron chi connectivity index (χ1n) is 6.95. The van der Waals surface area contributed by atoms with Gasteiger partial charge in [-0.05, 0) is 30.0 Å². The average Bonchev–Trinajstić information content (AvgIpc) is 3.13. The summed E-state index contributed by atoms with van der Waals surface area (Å²) in [5.41, 5.74) is 1.99. The maximum Gasteiger partial charge on any atom is 0.236 e. The molecule has 0 spiro atoms. The highest BCUT2D eigenvalue weighted by molar-refractivity contribution is 5.80. The Morgan fingerprint density at radius 2 is 2.35 bits per heavy atom. The molecule has 1 fully saturated rings. The maximum atomic E-state index is 11.4. The second-order valence-corrected chi connectivity index (χ2v) is 5.53. The highest BCUT2D eigenvalue weighted by Gasteiger charge is 2.31. The van der Waals surface area contributed by atoms with Gasteiger partial charge in [-0.3, -0.25) is 14.8 Å². The van der Waals surface area contributed by atoms with E-state index < -0.39 is 0 Å². The van der Waals surface area contributed by atoms with Crippen molar-refractivity contribution in [2.24, 2.45) is 10.9 Å². The van der Waals surface area contributed by atoms with Gasteiger partial charge in [-0.15, -0.1) is 0 Å². The van der Waals surface area contributed by atoms with Crippen molar-refractivity contribution in [1.29, 1.82) is 0 Å². The van der Waals surface area contributed by atoms with Crippen molar-refractivity contribution >= 4 is 12.1 Å². The molecule has 0 saturated heterocycles. The van der Waals surface area contributed by atoms with Crippen LogP contribution < -0.4 is 5.32 Å².